The Balaban J connectivity index is 1.34. The van der Waals surface area contributed by atoms with Gasteiger partial charge in [0, 0.05) is 17.7 Å². The average Bonchev–Trinajstić information content (AvgIpc) is 3.14. The largest absolute Gasteiger partial charge is 0.507 e. The molecular formula is C33H40O21. The summed E-state index contributed by atoms with van der Waals surface area (Å²) < 4.78 is 39.1. The fourth-order valence-corrected chi connectivity index (χ4v) is 6.19. The molecule has 6 rings (SSSR count). The number of aliphatic hydroxyl groups is 10. The van der Waals surface area contributed by atoms with Crippen LogP contribution in [0.25, 0.3) is 22.3 Å². The molecule has 3 fully saturated rings. The first-order valence-corrected chi connectivity index (χ1v) is 16.5. The highest BCUT2D eigenvalue weighted by molar-refractivity contribution is 5.88. The van der Waals surface area contributed by atoms with Crippen LogP contribution in [0.5, 0.6) is 28.7 Å². The summed E-state index contributed by atoms with van der Waals surface area (Å²) in [6, 6.07) is 5.15. The topological polar surface area (TPSA) is 349 Å². The number of benzene rings is 2. The molecule has 3 aliphatic heterocycles. The lowest BCUT2D eigenvalue weighted by Crippen LogP contribution is -2.61. The number of aromatic hydroxyl groups is 3. The third-order valence-corrected chi connectivity index (χ3v) is 9.38. The molecule has 13 N–H and O–H groups in total. The zero-order valence-corrected chi connectivity index (χ0v) is 28.0. The van der Waals surface area contributed by atoms with Crippen molar-refractivity contribution < 1.29 is 99.2 Å². The quantitative estimate of drug-likeness (QED) is 0.0917. The summed E-state index contributed by atoms with van der Waals surface area (Å²) in [6.07, 6.45) is -25.1. The summed E-state index contributed by atoms with van der Waals surface area (Å²) in [6.45, 7) is -0.0204. The van der Waals surface area contributed by atoms with Crippen LogP contribution in [0.3, 0.4) is 0 Å². The Morgan fingerprint density at radius 3 is 1.87 bits per heavy atom. The van der Waals surface area contributed by atoms with E-state index in [1.165, 1.54) is 13.0 Å². The molecule has 3 aliphatic rings. The van der Waals surface area contributed by atoms with Crippen LogP contribution < -0.4 is 14.9 Å². The van der Waals surface area contributed by atoms with Crippen molar-refractivity contribution in [1.29, 1.82) is 0 Å². The van der Waals surface area contributed by atoms with Crippen LogP contribution in [0.2, 0.25) is 0 Å². The van der Waals surface area contributed by atoms with Crippen LogP contribution in [-0.4, -0.2) is 172 Å². The van der Waals surface area contributed by atoms with E-state index in [0.29, 0.717) is 0 Å². The van der Waals surface area contributed by atoms with Gasteiger partial charge in [0.2, 0.25) is 23.8 Å². The van der Waals surface area contributed by atoms with Gasteiger partial charge in [0.05, 0.1) is 19.3 Å². The first-order valence-electron chi connectivity index (χ1n) is 16.5. The van der Waals surface area contributed by atoms with Gasteiger partial charge in [0.1, 0.15) is 89.6 Å². The Hall–Kier alpha value is -3.91. The number of hydrogen-bond acceptors (Lipinski definition) is 21. The standard InChI is InChI=1S/C33H40O21/c1-9-19(38)23(42)26(45)31(49-9)48-8-17-21(40)25(44)28(47)33(53-17)54-30-22(41)18-14(37)5-11(50-32-27(46)24(43)20(39)16(7-34)52-32)6-15(18)51-29(30)10-2-3-12(35)13(36)4-10/h2-6,9,16-17,19-21,23-28,31-40,42-47H,7-8H2,1H3/t9-,16?,17+,19-,20?,21+,23+,24?,25-,26+,27?,28+,31+,32?,33-/m0/s1. The number of hydrogen-bond donors (Lipinski definition) is 13. The fourth-order valence-electron chi connectivity index (χ4n) is 6.19. The third kappa shape index (κ3) is 7.39. The second kappa shape index (κ2) is 15.7. The van der Waals surface area contributed by atoms with Gasteiger partial charge in [-0.25, -0.2) is 0 Å². The first kappa shape index (κ1) is 39.8. The van der Waals surface area contributed by atoms with E-state index < -0.39 is 150 Å². The van der Waals surface area contributed by atoms with E-state index in [9.17, 15) is 71.2 Å². The molecule has 21 nitrogen and oxygen atoms in total. The van der Waals surface area contributed by atoms with Crippen molar-refractivity contribution in [2.45, 2.75) is 99.0 Å². The lowest BCUT2D eigenvalue weighted by Gasteiger charge is -2.42. The van der Waals surface area contributed by atoms with E-state index in [1.807, 2.05) is 0 Å². The maximum absolute atomic E-state index is 14.1. The zero-order valence-electron chi connectivity index (χ0n) is 28.0. The van der Waals surface area contributed by atoms with Crippen LogP contribution >= 0.6 is 0 Å². The molecule has 21 heteroatoms. The molecule has 298 valence electrons. The SMILES string of the molecule is C[C@@H]1O[C@@H](OC[C@H]2O[C@@H](Oc3c(-c4ccc(O)c(O)c4)oc4cc(OC5OC(CO)C(O)C(O)C5O)cc(O)c4c3=O)[C@H](O)[C@@H](O)[C@@H]2O)[C@H](O)[C@H](O)[C@H]1O. The molecule has 4 heterocycles. The van der Waals surface area contributed by atoms with Crippen LogP contribution in [0.1, 0.15) is 6.92 Å². The van der Waals surface area contributed by atoms with Crippen molar-refractivity contribution >= 4 is 11.0 Å². The molecule has 0 bridgehead atoms. The molecular weight excluding hydrogens is 732 g/mol. The summed E-state index contributed by atoms with van der Waals surface area (Å²) in [4.78, 5) is 14.1. The normalized spacial score (nSPS) is 37.3. The van der Waals surface area contributed by atoms with Crippen molar-refractivity contribution in [3.8, 4) is 40.1 Å². The maximum atomic E-state index is 14.1. The average molecular weight is 773 g/mol. The van der Waals surface area contributed by atoms with E-state index in [0.717, 1.165) is 24.3 Å². The lowest BCUT2D eigenvalue weighted by atomic mass is 9.98. The second-order valence-corrected chi connectivity index (χ2v) is 13.1. The molecule has 0 amide bonds. The first-order chi connectivity index (χ1) is 25.5. The van der Waals surface area contributed by atoms with Gasteiger partial charge in [0.25, 0.3) is 0 Å². The smallest absolute Gasteiger partial charge is 0.239 e. The molecule has 3 aromatic rings. The molecule has 0 saturated carbocycles. The monoisotopic (exact) mass is 772 g/mol. The fraction of sp³-hybridized carbons (Fsp3) is 0.545. The number of phenols is 3. The van der Waals surface area contributed by atoms with E-state index in [2.05, 4.69) is 0 Å². The molecule has 15 atom stereocenters. The lowest BCUT2D eigenvalue weighted by molar-refractivity contribution is -0.318. The van der Waals surface area contributed by atoms with E-state index >= 15 is 0 Å². The Labute approximate surface area is 303 Å². The van der Waals surface area contributed by atoms with Gasteiger partial charge >= 0.3 is 0 Å². The number of phenolic OH excluding ortho intramolecular Hbond substituents is 3. The molecule has 0 radical (unpaired) electrons. The molecule has 0 aliphatic carbocycles. The minimum atomic E-state index is -2.05. The molecule has 1 aromatic heterocycles. The Morgan fingerprint density at radius 1 is 0.630 bits per heavy atom. The van der Waals surface area contributed by atoms with Gasteiger partial charge in [0.15, 0.2) is 23.5 Å². The van der Waals surface area contributed by atoms with Crippen LogP contribution in [0.4, 0.5) is 0 Å². The van der Waals surface area contributed by atoms with Gasteiger partial charge in [-0.2, -0.15) is 0 Å². The maximum Gasteiger partial charge on any atom is 0.239 e. The highest BCUT2D eigenvalue weighted by Crippen LogP contribution is 2.40. The number of aliphatic hydroxyl groups excluding tert-OH is 10. The van der Waals surface area contributed by atoms with Crippen molar-refractivity contribution in [3.63, 3.8) is 0 Å². The molecule has 2 aromatic carbocycles. The van der Waals surface area contributed by atoms with Crippen LogP contribution in [0, 0.1) is 0 Å². The predicted octanol–water partition coefficient (Wildman–Crippen LogP) is -4.21. The predicted molar refractivity (Wildman–Crippen MR) is 173 cm³/mol. The summed E-state index contributed by atoms with van der Waals surface area (Å²) in [7, 11) is 0. The Kier molecular flexibility index (Phi) is 11.5. The number of rotatable bonds is 9. The highest BCUT2D eigenvalue weighted by atomic mass is 16.7. The third-order valence-electron chi connectivity index (χ3n) is 9.38. The van der Waals surface area contributed by atoms with Crippen LogP contribution in [-0.2, 0) is 18.9 Å². The van der Waals surface area contributed by atoms with Gasteiger partial charge < -0.3 is 99.2 Å². The Bertz CT molecular complexity index is 1850. The van der Waals surface area contributed by atoms with Crippen LogP contribution in [0.15, 0.2) is 39.5 Å². The summed E-state index contributed by atoms with van der Waals surface area (Å²) in [5.74, 6) is -3.63. The van der Waals surface area contributed by atoms with Gasteiger partial charge in [-0.3, -0.25) is 4.79 Å². The minimum Gasteiger partial charge on any atom is -0.507 e. The van der Waals surface area contributed by atoms with Crippen molar-refractivity contribution in [2.75, 3.05) is 13.2 Å². The second-order valence-electron chi connectivity index (χ2n) is 13.1. The summed E-state index contributed by atoms with van der Waals surface area (Å²) in [5.41, 5.74) is -1.66. The van der Waals surface area contributed by atoms with E-state index in [-0.39, 0.29) is 11.3 Å². The van der Waals surface area contributed by atoms with E-state index in [4.69, 9.17) is 32.8 Å². The van der Waals surface area contributed by atoms with Crippen molar-refractivity contribution in [1.82, 2.24) is 0 Å². The molecule has 5 unspecified atom stereocenters. The van der Waals surface area contributed by atoms with Crippen molar-refractivity contribution in [2.24, 2.45) is 0 Å². The minimum absolute atomic E-state index is 0.122. The molecule has 0 spiro atoms. The van der Waals surface area contributed by atoms with E-state index in [1.54, 1.807) is 0 Å². The molecule has 3 saturated heterocycles. The highest BCUT2D eigenvalue weighted by Gasteiger charge is 2.48. The van der Waals surface area contributed by atoms with Gasteiger partial charge in [-0.15, -0.1) is 0 Å². The zero-order chi connectivity index (χ0) is 39.3. The number of ether oxygens (including phenoxy) is 6. The summed E-state index contributed by atoms with van der Waals surface area (Å²) >= 11 is 0. The summed E-state index contributed by atoms with van der Waals surface area (Å²) in [5, 5.41) is 133. The number of fused-ring (bicyclic) bond motifs is 1. The Morgan fingerprint density at radius 2 is 1.22 bits per heavy atom. The van der Waals surface area contributed by atoms with Gasteiger partial charge in [-0.05, 0) is 25.1 Å². The van der Waals surface area contributed by atoms with Crippen molar-refractivity contribution in [3.05, 3.63) is 40.6 Å². The van der Waals surface area contributed by atoms with Gasteiger partial charge in [-0.1, -0.05) is 0 Å². The molecule has 54 heavy (non-hydrogen) atoms.